The molecule has 17 heavy (non-hydrogen) atoms. The van der Waals surface area contributed by atoms with Crippen LogP contribution in [0, 0.1) is 0 Å². The van der Waals surface area contributed by atoms with E-state index in [9.17, 15) is 5.11 Å². The first-order valence-corrected chi connectivity index (χ1v) is 6.66. The summed E-state index contributed by atoms with van der Waals surface area (Å²) >= 11 is 1.76. The van der Waals surface area contributed by atoms with Gasteiger partial charge in [0.25, 0.3) is 0 Å². The predicted molar refractivity (Wildman–Crippen MR) is 69.5 cm³/mol. The van der Waals surface area contributed by atoms with Crippen molar-refractivity contribution in [2.75, 3.05) is 5.32 Å². The lowest BCUT2D eigenvalue weighted by atomic mass is 10.3. The van der Waals surface area contributed by atoms with E-state index in [0.717, 1.165) is 17.3 Å². The van der Waals surface area contributed by atoms with Crippen LogP contribution in [0.5, 0.6) is 5.75 Å². The summed E-state index contributed by atoms with van der Waals surface area (Å²) in [4.78, 5) is 4.60. The number of anilines is 1. The summed E-state index contributed by atoms with van der Waals surface area (Å²) in [5.74, 6) is 1.02. The standard InChI is InChI=1S/C13H14N2OS/c16-12-3-1-2-10(6-12)14-7-11-8-17-13(15-11)9-4-5-9/h1-3,6,8-9,14,16H,4-5,7H2. The van der Waals surface area contributed by atoms with Crippen LogP contribution >= 0.6 is 11.3 Å². The molecule has 0 radical (unpaired) electrons. The lowest BCUT2D eigenvalue weighted by Gasteiger charge is -2.04. The first-order chi connectivity index (χ1) is 8.31. The summed E-state index contributed by atoms with van der Waals surface area (Å²) in [7, 11) is 0. The largest absolute Gasteiger partial charge is 0.508 e. The molecule has 1 heterocycles. The molecule has 1 aliphatic rings. The Kier molecular flexibility index (Phi) is 2.73. The smallest absolute Gasteiger partial charge is 0.117 e. The van der Waals surface area contributed by atoms with Crippen LogP contribution < -0.4 is 5.32 Å². The third-order valence-corrected chi connectivity index (χ3v) is 3.87. The van der Waals surface area contributed by atoms with Crippen LogP contribution in [-0.4, -0.2) is 10.1 Å². The molecule has 0 saturated heterocycles. The molecule has 1 aromatic carbocycles. The maximum absolute atomic E-state index is 9.34. The van der Waals surface area contributed by atoms with Crippen molar-refractivity contribution < 1.29 is 5.11 Å². The third-order valence-electron chi connectivity index (χ3n) is 2.82. The van der Waals surface area contributed by atoms with Gasteiger partial charge in [-0.2, -0.15) is 0 Å². The van der Waals surface area contributed by atoms with E-state index in [4.69, 9.17) is 0 Å². The number of nitrogens with zero attached hydrogens (tertiary/aromatic N) is 1. The Labute approximate surface area is 104 Å². The van der Waals surface area contributed by atoms with E-state index in [1.165, 1.54) is 17.8 Å². The Bertz CT molecular complexity index is 520. The van der Waals surface area contributed by atoms with Gasteiger partial charge in [0, 0.05) is 23.1 Å². The zero-order valence-corrected chi connectivity index (χ0v) is 10.2. The number of hydrogen-bond donors (Lipinski definition) is 2. The van der Waals surface area contributed by atoms with Gasteiger partial charge in [-0.25, -0.2) is 4.98 Å². The van der Waals surface area contributed by atoms with Gasteiger partial charge in [-0.1, -0.05) is 6.07 Å². The fourth-order valence-corrected chi connectivity index (χ4v) is 2.72. The average Bonchev–Trinajstić information content (AvgIpc) is 3.07. The summed E-state index contributed by atoms with van der Waals surface area (Å²) in [5.41, 5.74) is 2.01. The molecule has 0 atom stereocenters. The second kappa shape index (κ2) is 4.37. The number of rotatable bonds is 4. The molecule has 1 fully saturated rings. The first kappa shape index (κ1) is 10.6. The molecular weight excluding hydrogens is 232 g/mol. The topological polar surface area (TPSA) is 45.1 Å². The Hall–Kier alpha value is -1.55. The highest BCUT2D eigenvalue weighted by Crippen LogP contribution is 2.41. The number of benzene rings is 1. The highest BCUT2D eigenvalue weighted by Gasteiger charge is 2.26. The summed E-state index contributed by atoms with van der Waals surface area (Å²) < 4.78 is 0. The van der Waals surface area contributed by atoms with Crippen molar-refractivity contribution in [3.05, 3.63) is 40.3 Å². The third kappa shape index (κ3) is 2.58. The highest BCUT2D eigenvalue weighted by atomic mass is 32.1. The Morgan fingerprint density at radius 2 is 2.29 bits per heavy atom. The molecule has 2 aromatic rings. The number of thiazole rings is 1. The lowest BCUT2D eigenvalue weighted by molar-refractivity contribution is 0.475. The SMILES string of the molecule is Oc1cccc(NCc2csc(C3CC3)n2)c1. The second-order valence-corrected chi connectivity index (χ2v) is 5.24. The Balaban J connectivity index is 1.62. The molecule has 1 aromatic heterocycles. The molecule has 88 valence electrons. The zero-order valence-electron chi connectivity index (χ0n) is 9.39. The van der Waals surface area contributed by atoms with Gasteiger partial charge in [-0.3, -0.25) is 0 Å². The van der Waals surface area contributed by atoms with Gasteiger partial charge in [0.1, 0.15) is 5.75 Å². The average molecular weight is 246 g/mol. The minimum Gasteiger partial charge on any atom is -0.508 e. The number of aromatic hydroxyl groups is 1. The van der Waals surface area contributed by atoms with Gasteiger partial charge in [-0.15, -0.1) is 11.3 Å². The first-order valence-electron chi connectivity index (χ1n) is 5.78. The molecule has 0 bridgehead atoms. The van der Waals surface area contributed by atoms with Crippen molar-refractivity contribution in [2.45, 2.75) is 25.3 Å². The number of aromatic nitrogens is 1. The van der Waals surface area contributed by atoms with E-state index in [0.29, 0.717) is 6.54 Å². The molecule has 0 spiro atoms. The molecule has 3 nitrogen and oxygen atoms in total. The van der Waals surface area contributed by atoms with E-state index < -0.39 is 0 Å². The van der Waals surface area contributed by atoms with Crippen molar-refractivity contribution in [2.24, 2.45) is 0 Å². The summed E-state index contributed by atoms with van der Waals surface area (Å²) in [5, 5.41) is 16.0. The van der Waals surface area contributed by atoms with Crippen molar-refractivity contribution in [1.82, 2.24) is 4.98 Å². The molecule has 0 amide bonds. The molecule has 0 aliphatic heterocycles. The normalized spacial score (nSPS) is 14.8. The fraction of sp³-hybridized carbons (Fsp3) is 0.308. The van der Waals surface area contributed by atoms with Crippen LogP contribution in [0.4, 0.5) is 5.69 Å². The van der Waals surface area contributed by atoms with Crippen molar-refractivity contribution in [3.63, 3.8) is 0 Å². The van der Waals surface area contributed by atoms with Crippen LogP contribution in [0.1, 0.15) is 29.5 Å². The molecule has 0 unspecified atom stereocenters. The zero-order chi connectivity index (χ0) is 11.7. The predicted octanol–water partition coefficient (Wildman–Crippen LogP) is 3.34. The Morgan fingerprint density at radius 1 is 1.41 bits per heavy atom. The maximum Gasteiger partial charge on any atom is 0.117 e. The number of hydrogen-bond acceptors (Lipinski definition) is 4. The van der Waals surface area contributed by atoms with E-state index >= 15 is 0 Å². The lowest BCUT2D eigenvalue weighted by Crippen LogP contribution is -1.99. The molecule has 1 aliphatic carbocycles. The van der Waals surface area contributed by atoms with E-state index in [1.54, 1.807) is 23.5 Å². The number of phenols is 1. The van der Waals surface area contributed by atoms with Gasteiger partial charge in [0.15, 0.2) is 0 Å². The fourth-order valence-electron chi connectivity index (χ4n) is 1.73. The van der Waals surface area contributed by atoms with Crippen LogP contribution in [0.3, 0.4) is 0 Å². The monoisotopic (exact) mass is 246 g/mol. The van der Waals surface area contributed by atoms with Crippen LogP contribution in [0.15, 0.2) is 29.6 Å². The summed E-state index contributed by atoms with van der Waals surface area (Å²) in [6.07, 6.45) is 2.60. The van der Waals surface area contributed by atoms with Crippen molar-refractivity contribution in [1.29, 1.82) is 0 Å². The van der Waals surface area contributed by atoms with E-state index in [2.05, 4.69) is 15.7 Å². The minimum absolute atomic E-state index is 0.284. The number of nitrogens with one attached hydrogen (secondary N) is 1. The van der Waals surface area contributed by atoms with Crippen molar-refractivity contribution in [3.8, 4) is 5.75 Å². The maximum atomic E-state index is 9.34. The Morgan fingerprint density at radius 3 is 3.06 bits per heavy atom. The molecule has 4 heteroatoms. The van der Waals surface area contributed by atoms with Crippen LogP contribution in [0.2, 0.25) is 0 Å². The quantitative estimate of drug-likeness (QED) is 0.869. The summed E-state index contributed by atoms with van der Waals surface area (Å²) in [6.45, 7) is 0.715. The highest BCUT2D eigenvalue weighted by molar-refractivity contribution is 7.09. The molecule has 3 rings (SSSR count). The van der Waals surface area contributed by atoms with Gasteiger partial charge >= 0.3 is 0 Å². The van der Waals surface area contributed by atoms with Crippen LogP contribution in [0.25, 0.3) is 0 Å². The summed E-state index contributed by atoms with van der Waals surface area (Å²) in [6, 6.07) is 7.15. The minimum atomic E-state index is 0.284. The second-order valence-electron chi connectivity index (χ2n) is 4.36. The van der Waals surface area contributed by atoms with Crippen molar-refractivity contribution >= 4 is 17.0 Å². The molecule has 2 N–H and O–H groups in total. The van der Waals surface area contributed by atoms with Gasteiger partial charge < -0.3 is 10.4 Å². The molecule has 1 saturated carbocycles. The van der Waals surface area contributed by atoms with Gasteiger partial charge in [-0.05, 0) is 25.0 Å². The van der Waals surface area contributed by atoms with Crippen LogP contribution in [-0.2, 0) is 6.54 Å². The van der Waals surface area contributed by atoms with Gasteiger partial charge in [0.2, 0.25) is 0 Å². The van der Waals surface area contributed by atoms with E-state index in [-0.39, 0.29) is 5.75 Å². The number of phenolic OH excluding ortho intramolecular Hbond substituents is 1. The molecular formula is C13H14N2OS. The van der Waals surface area contributed by atoms with Gasteiger partial charge in [0.05, 0.1) is 17.2 Å². The van der Waals surface area contributed by atoms with E-state index in [1.807, 2.05) is 12.1 Å².